The molecule has 10 heteroatoms. The molecule has 30 heavy (non-hydrogen) atoms. The summed E-state index contributed by atoms with van der Waals surface area (Å²) < 4.78 is 55.2. The van der Waals surface area contributed by atoms with Crippen molar-refractivity contribution in [3.8, 4) is 0 Å². The number of benzene rings is 2. The van der Waals surface area contributed by atoms with E-state index in [2.05, 4.69) is 10.1 Å². The van der Waals surface area contributed by atoms with Gasteiger partial charge in [0, 0.05) is 5.39 Å². The third kappa shape index (κ3) is 4.15. The predicted octanol–water partition coefficient (Wildman–Crippen LogP) is 5.58. The quantitative estimate of drug-likeness (QED) is 0.386. The van der Waals surface area contributed by atoms with E-state index in [-0.39, 0.29) is 18.0 Å². The second kappa shape index (κ2) is 7.92. The summed E-state index contributed by atoms with van der Waals surface area (Å²) >= 11 is 2.69. The Kier molecular flexibility index (Phi) is 5.46. The van der Waals surface area contributed by atoms with Crippen LogP contribution in [0.2, 0.25) is 0 Å². The van der Waals surface area contributed by atoms with E-state index in [1.807, 2.05) is 6.26 Å². The largest absolute Gasteiger partial charge is 0.416 e. The first-order valence-electron chi connectivity index (χ1n) is 8.62. The van der Waals surface area contributed by atoms with Gasteiger partial charge < -0.3 is 0 Å². The Morgan fingerprint density at radius 3 is 2.70 bits per heavy atom. The van der Waals surface area contributed by atoms with E-state index in [1.54, 1.807) is 30.5 Å². The molecule has 2 aromatic carbocycles. The van der Waals surface area contributed by atoms with Crippen molar-refractivity contribution in [1.29, 1.82) is 0 Å². The molecule has 0 radical (unpaired) electrons. The molecule has 2 heterocycles. The van der Waals surface area contributed by atoms with Gasteiger partial charge in [-0.15, -0.1) is 11.8 Å². The van der Waals surface area contributed by atoms with Gasteiger partial charge in [-0.05, 0) is 47.7 Å². The number of aliphatic imine (C=N–C) groups is 1. The highest BCUT2D eigenvalue weighted by Crippen LogP contribution is 2.34. The molecule has 1 aliphatic rings. The molecule has 4 rings (SSSR count). The van der Waals surface area contributed by atoms with Crippen LogP contribution in [0.5, 0.6) is 0 Å². The van der Waals surface area contributed by atoms with E-state index >= 15 is 0 Å². The average Bonchev–Trinajstić information content (AvgIpc) is 3.25. The van der Waals surface area contributed by atoms with Crippen molar-refractivity contribution in [3.63, 3.8) is 0 Å². The lowest BCUT2D eigenvalue weighted by Crippen LogP contribution is -2.13. The van der Waals surface area contributed by atoms with Crippen LogP contribution >= 0.6 is 23.5 Å². The zero-order valence-electron chi connectivity index (χ0n) is 15.4. The van der Waals surface area contributed by atoms with Crippen molar-refractivity contribution in [2.45, 2.75) is 12.7 Å². The van der Waals surface area contributed by atoms with E-state index in [0.29, 0.717) is 26.3 Å². The minimum absolute atomic E-state index is 0.0743. The van der Waals surface area contributed by atoms with Crippen LogP contribution in [0.1, 0.15) is 16.7 Å². The SMILES string of the molecule is CSC1=NC(=O)C(=Cc2ccc3c(cnn3Cc3ccc(F)cc3C(F)(F)F)c2)S1. The van der Waals surface area contributed by atoms with E-state index in [4.69, 9.17) is 0 Å². The first kappa shape index (κ1) is 20.7. The van der Waals surface area contributed by atoms with Crippen LogP contribution < -0.4 is 0 Å². The zero-order chi connectivity index (χ0) is 21.5. The highest BCUT2D eigenvalue weighted by atomic mass is 32.2. The molecule has 0 atom stereocenters. The predicted molar refractivity (Wildman–Crippen MR) is 112 cm³/mol. The normalized spacial score (nSPS) is 16.0. The van der Waals surface area contributed by atoms with Crippen molar-refractivity contribution in [2.75, 3.05) is 6.26 Å². The molecule has 0 spiro atoms. The minimum Gasteiger partial charge on any atom is -0.266 e. The number of amides is 1. The lowest BCUT2D eigenvalue weighted by Gasteiger charge is -2.13. The number of hydrogen-bond acceptors (Lipinski definition) is 4. The van der Waals surface area contributed by atoms with E-state index in [1.165, 1.54) is 28.2 Å². The van der Waals surface area contributed by atoms with Gasteiger partial charge in [-0.2, -0.15) is 23.3 Å². The van der Waals surface area contributed by atoms with E-state index < -0.39 is 17.6 Å². The maximum Gasteiger partial charge on any atom is 0.416 e. The summed E-state index contributed by atoms with van der Waals surface area (Å²) in [6.45, 7) is -0.154. The zero-order valence-corrected chi connectivity index (χ0v) is 17.0. The van der Waals surface area contributed by atoms with Gasteiger partial charge in [-0.3, -0.25) is 9.48 Å². The molecular weight excluding hydrogens is 438 g/mol. The molecule has 3 aromatic rings. The molecule has 0 N–H and O–H groups in total. The monoisotopic (exact) mass is 451 g/mol. The van der Waals surface area contributed by atoms with Crippen molar-refractivity contribution >= 4 is 50.8 Å². The lowest BCUT2D eigenvalue weighted by atomic mass is 10.1. The maximum absolute atomic E-state index is 13.3. The fourth-order valence-corrected chi connectivity index (χ4v) is 4.48. The van der Waals surface area contributed by atoms with Crippen molar-refractivity contribution < 1.29 is 22.4 Å². The number of thioether (sulfide) groups is 2. The molecule has 1 amide bonds. The Balaban J connectivity index is 1.64. The number of nitrogens with zero attached hydrogens (tertiary/aromatic N) is 3. The molecule has 0 fully saturated rings. The number of alkyl halides is 3. The standard InChI is InChI=1S/C20H13F4N3OS2/c1-29-19-26-18(28)17(30-19)7-11-2-5-16-13(6-11)9-25-27(16)10-12-3-4-14(21)8-15(12)20(22,23)24/h2-9H,10H2,1H3. The third-order valence-electron chi connectivity index (χ3n) is 4.44. The van der Waals surface area contributed by atoms with E-state index in [9.17, 15) is 22.4 Å². The van der Waals surface area contributed by atoms with Crippen LogP contribution in [0.25, 0.3) is 17.0 Å². The number of halogens is 4. The van der Waals surface area contributed by atoms with Gasteiger partial charge in [0.05, 0.1) is 28.7 Å². The molecule has 0 aliphatic carbocycles. The molecule has 154 valence electrons. The Morgan fingerprint density at radius 2 is 2.00 bits per heavy atom. The molecule has 1 aromatic heterocycles. The lowest BCUT2D eigenvalue weighted by molar-refractivity contribution is -0.138. The van der Waals surface area contributed by atoms with Gasteiger partial charge in [0.2, 0.25) is 0 Å². The summed E-state index contributed by atoms with van der Waals surface area (Å²) in [5.41, 5.74) is 0.290. The number of carbonyl (C=O) groups is 1. The first-order chi connectivity index (χ1) is 14.2. The van der Waals surface area contributed by atoms with Crippen molar-refractivity contribution in [2.24, 2.45) is 4.99 Å². The number of fused-ring (bicyclic) bond motifs is 1. The fraction of sp³-hybridized carbons (Fsp3) is 0.150. The minimum atomic E-state index is -4.66. The van der Waals surface area contributed by atoms with Crippen molar-refractivity contribution in [1.82, 2.24) is 9.78 Å². The molecule has 0 bridgehead atoms. The maximum atomic E-state index is 13.3. The Morgan fingerprint density at radius 1 is 1.20 bits per heavy atom. The smallest absolute Gasteiger partial charge is 0.266 e. The Hall–Kier alpha value is -2.59. The number of hydrogen-bond donors (Lipinski definition) is 0. The topological polar surface area (TPSA) is 47.2 Å². The summed E-state index contributed by atoms with van der Waals surface area (Å²) in [7, 11) is 0. The molecule has 0 unspecified atom stereocenters. The summed E-state index contributed by atoms with van der Waals surface area (Å²) in [6, 6.07) is 7.90. The van der Waals surface area contributed by atoms with Crippen LogP contribution in [0, 0.1) is 5.82 Å². The van der Waals surface area contributed by atoms with Crippen LogP contribution in [0.3, 0.4) is 0 Å². The summed E-state index contributed by atoms with van der Waals surface area (Å²) in [5.74, 6) is -1.24. The molecule has 4 nitrogen and oxygen atoms in total. The van der Waals surface area contributed by atoms with Gasteiger partial charge in [-0.1, -0.05) is 23.9 Å². The fourth-order valence-electron chi connectivity index (χ4n) is 3.06. The van der Waals surface area contributed by atoms with Gasteiger partial charge in [0.15, 0.2) is 0 Å². The van der Waals surface area contributed by atoms with Crippen LogP contribution in [0.15, 0.2) is 52.5 Å². The third-order valence-corrected chi connectivity index (χ3v) is 6.41. The van der Waals surface area contributed by atoms with E-state index in [0.717, 1.165) is 17.7 Å². The molecule has 1 aliphatic heterocycles. The summed E-state index contributed by atoms with van der Waals surface area (Å²) in [5, 5.41) is 4.90. The first-order valence-corrected chi connectivity index (χ1v) is 10.7. The molecule has 0 saturated carbocycles. The highest BCUT2D eigenvalue weighted by molar-refractivity contribution is 8.40. The summed E-state index contributed by atoms with van der Waals surface area (Å²) in [4.78, 5) is 16.4. The average molecular weight is 451 g/mol. The number of rotatable bonds is 3. The van der Waals surface area contributed by atoms with Crippen molar-refractivity contribution in [3.05, 3.63) is 70.0 Å². The second-order valence-electron chi connectivity index (χ2n) is 6.42. The van der Waals surface area contributed by atoms with Crippen LogP contribution in [0.4, 0.5) is 17.6 Å². The van der Waals surface area contributed by atoms with Gasteiger partial charge in [0.1, 0.15) is 10.2 Å². The Bertz CT molecular complexity index is 1210. The number of aromatic nitrogens is 2. The van der Waals surface area contributed by atoms with Gasteiger partial charge in [-0.25, -0.2) is 4.39 Å². The summed E-state index contributed by atoms with van der Waals surface area (Å²) in [6.07, 6.45) is 0.441. The Labute approximate surface area is 177 Å². The highest BCUT2D eigenvalue weighted by Gasteiger charge is 2.34. The van der Waals surface area contributed by atoms with Gasteiger partial charge in [0.25, 0.3) is 5.91 Å². The van der Waals surface area contributed by atoms with Crippen LogP contribution in [-0.2, 0) is 17.5 Å². The van der Waals surface area contributed by atoms with Crippen LogP contribution in [-0.4, -0.2) is 26.3 Å². The second-order valence-corrected chi connectivity index (χ2v) is 8.50. The molecule has 0 saturated heterocycles. The number of carbonyl (C=O) groups excluding carboxylic acids is 1. The molecular formula is C20H13F4N3OS2. The van der Waals surface area contributed by atoms with Gasteiger partial charge >= 0.3 is 6.18 Å².